The second-order valence-corrected chi connectivity index (χ2v) is 8.14. The van der Waals surface area contributed by atoms with Crippen LogP contribution in [0.2, 0.25) is 0 Å². The minimum absolute atomic E-state index is 0.219. The Morgan fingerprint density at radius 2 is 1.69 bits per heavy atom. The van der Waals surface area contributed by atoms with Gasteiger partial charge >= 0.3 is 6.18 Å². The van der Waals surface area contributed by atoms with Gasteiger partial charge in [0.25, 0.3) is 11.8 Å². The molecule has 1 aliphatic rings. The molecule has 2 aromatic rings. The molecule has 0 radical (unpaired) electrons. The largest absolute Gasteiger partial charge is 0.420 e. The first-order chi connectivity index (χ1) is 16.7. The van der Waals surface area contributed by atoms with Crippen LogP contribution in [-0.2, 0) is 0 Å². The van der Waals surface area contributed by atoms with E-state index >= 15 is 0 Å². The molecule has 1 aliphatic carbocycles. The zero-order chi connectivity index (χ0) is 26.8. The topological polar surface area (TPSA) is 122 Å². The van der Waals surface area contributed by atoms with Crippen LogP contribution in [0.4, 0.5) is 32.2 Å². The highest BCUT2D eigenvalue weighted by atomic mass is 19.4. The Balaban J connectivity index is 1.72. The van der Waals surface area contributed by atoms with Gasteiger partial charge in [-0.05, 0) is 24.3 Å². The predicted molar refractivity (Wildman–Crippen MR) is 115 cm³/mol. The molecule has 0 aliphatic heterocycles. The first kappa shape index (κ1) is 26.8. The summed E-state index contributed by atoms with van der Waals surface area (Å²) in [5.74, 6) is -6.38. The molecule has 5 N–H and O–H groups in total. The number of nitrogens with one attached hydrogen (secondary N) is 2. The van der Waals surface area contributed by atoms with Gasteiger partial charge < -0.3 is 21.5 Å². The molecule has 14 heteroatoms. The van der Waals surface area contributed by atoms with Gasteiger partial charge in [-0.25, -0.2) is 17.9 Å². The van der Waals surface area contributed by atoms with E-state index in [2.05, 4.69) is 5.10 Å². The van der Waals surface area contributed by atoms with E-state index < -0.39 is 71.7 Å². The second-order valence-electron chi connectivity index (χ2n) is 8.14. The monoisotopic (exact) mass is 517 g/mol. The fourth-order valence-electron chi connectivity index (χ4n) is 3.47. The summed E-state index contributed by atoms with van der Waals surface area (Å²) in [4.78, 5) is 24.6. The van der Waals surface area contributed by atoms with Crippen molar-refractivity contribution in [3.05, 3.63) is 71.2 Å². The molecule has 0 saturated heterocycles. The Labute approximate surface area is 200 Å². The molecule has 2 amide bonds. The lowest BCUT2D eigenvalue weighted by Gasteiger charge is -2.30. The Kier molecular flexibility index (Phi) is 7.48. The van der Waals surface area contributed by atoms with E-state index in [1.54, 1.807) is 12.2 Å². The minimum Gasteiger partial charge on any atom is -0.383 e. The van der Waals surface area contributed by atoms with E-state index in [4.69, 9.17) is 5.73 Å². The molecule has 1 heterocycles. The van der Waals surface area contributed by atoms with Crippen LogP contribution >= 0.6 is 0 Å². The van der Waals surface area contributed by atoms with Crippen molar-refractivity contribution in [3.8, 4) is 0 Å². The highest BCUT2D eigenvalue weighted by Gasteiger charge is 2.54. The first-order valence-electron chi connectivity index (χ1n) is 10.4. The van der Waals surface area contributed by atoms with Gasteiger partial charge in [-0.15, -0.1) is 0 Å². The number of aliphatic hydroxyl groups is 1. The summed E-state index contributed by atoms with van der Waals surface area (Å²) in [7, 11) is 0. The van der Waals surface area contributed by atoms with Crippen molar-refractivity contribution in [1.29, 1.82) is 0 Å². The number of nitrogen functional groups attached to an aromatic ring is 1. The maximum Gasteiger partial charge on any atom is 0.420 e. The number of carbonyl (C=O) groups is 2. The highest BCUT2D eigenvalue weighted by Crippen LogP contribution is 2.31. The third-order valence-corrected chi connectivity index (χ3v) is 5.57. The summed E-state index contributed by atoms with van der Waals surface area (Å²) in [6.45, 7) is -1.30. The average Bonchev–Trinajstić information content (AvgIpc) is 3.16. The van der Waals surface area contributed by atoms with Crippen molar-refractivity contribution < 1.29 is 41.0 Å². The molecule has 0 saturated carbocycles. The number of amides is 2. The molecule has 0 spiro atoms. The summed E-state index contributed by atoms with van der Waals surface area (Å²) in [6, 6.07) is 1.86. The number of hydrogen-bond acceptors (Lipinski definition) is 5. The number of alkyl halides is 3. The summed E-state index contributed by atoms with van der Waals surface area (Å²) >= 11 is 0. The van der Waals surface area contributed by atoms with E-state index in [0.29, 0.717) is 0 Å². The van der Waals surface area contributed by atoms with Gasteiger partial charge in [-0.1, -0.05) is 19.1 Å². The number of nitrogens with two attached hydrogens (primary N) is 1. The van der Waals surface area contributed by atoms with Crippen molar-refractivity contribution in [2.45, 2.75) is 24.7 Å². The van der Waals surface area contributed by atoms with Crippen molar-refractivity contribution in [2.24, 2.45) is 5.92 Å². The third-order valence-electron chi connectivity index (χ3n) is 5.57. The van der Waals surface area contributed by atoms with Crippen molar-refractivity contribution in [1.82, 2.24) is 20.4 Å². The number of hydrogen-bond donors (Lipinski definition) is 4. The molecule has 3 unspecified atom stereocenters. The number of allylic oxidation sites excluding steroid dienone is 4. The molecular formula is C22H21F6N5O3. The van der Waals surface area contributed by atoms with Crippen LogP contribution in [0.5, 0.6) is 0 Å². The van der Waals surface area contributed by atoms with Gasteiger partial charge in [0, 0.05) is 5.92 Å². The van der Waals surface area contributed by atoms with Gasteiger partial charge in [-0.2, -0.15) is 18.3 Å². The third kappa shape index (κ3) is 5.37. The Morgan fingerprint density at radius 3 is 2.25 bits per heavy atom. The number of rotatable bonds is 7. The van der Waals surface area contributed by atoms with Crippen LogP contribution in [0.15, 0.2) is 48.5 Å². The fourth-order valence-corrected chi connectivity index (χ4v) is 3.47. The molecule has 8 nitrogen and oxygen atoms in total. The maximum absolute atomic E-state index is 13.7. The van der Waals surface area contributed by atoms with Crippen molar-refractivity contribution in [2.75, 3.05) is 18.8 Å². The Hall–Kier alpha value is -3.81. The smallest absolute Gasteiger partial charge is 0.383 e. The van der Waals surface area contributed by atoms with Gasteiger partial charge in [0.15, 0.2) is 5.60 Å². The molecular weight excluding hydrogens is 496 g/mol. The van der Waals surface area contributed by atoms with Crippen LogP contribution in [0.1, 0.15) is 33.7 Å². The number of benzene rings is 1. The minimum atomic E-state index is -5.37. The summed E-state index contributed by atoms with van der Waals surface area (Å²) in [5.41, 5.74) is 0.781. The van der Waals surface area contributed by atoms with Crippen LogP contribution < -0.4 is 16.4 Å². The summed E-state index contributed by atoms with van der Waals surface area (Å²) in [5, 5.41) is 17.6. The lowest BCUT2D eigenvalue weighted by atomic mass is 9.97. The summed E-state index contributed by atoms with van der Waals surface area (Å²) in [6.07, 6.45) is -0.438. The normalized spacial score (nSPS) is 19.4. The average molecular weight is 517 g/mol. The lowest BCUT2D eigenvalue weighted by molar-refractivity contribution is -0.254. The summed E-state index contributed by atoms with van der Waals surface area (Å²) < 4.78 is 82.8. The number of halogens is 6. The maximum atomic E-state index is 13.7. The Morgan fingerprint density at radius 1 is 1.11 bits per heavy atom. The molecule has 36 heavy (non-hydrogen) atoms. The zero-order valence-corrected chi connectivity index (χ0v) is 18.6. The lowest BCUT2D eigenvalue weighted by Crippen LogP contribution is -2.59. The van der Waals surface area contributed by atoms with E-state index in [0.717, 1.165) is 24.4 Å². The molecule has 1 aromatic carbocycles. The first-order valence-corrected chi connectivity index (χ1v) is 10.4. The van der Waals surface area contributed by atoms with Crippen molar-refractivity contribution >= 4 is 17.6 Å². The van der Waals surface area contributed by atoms with Crippen LogP contribution in [0, 0.1) is 17.6 Å². The number of nitrogens with zero attached hydrogens (tertiary/aromatic N) is 2. The molecule has 1 aromatic heterocycles. The Bertz CT molecular complexity index is 1200. The van der Waals surface area contributed by atoms with Gasteiger partial charge in [0.2, 0.25) is 0 Å². The van der Waals surface area contributed by atoms with E-state index in [-0.39, 0.29) is 11.4 Å². The molecule has 194 valence electrons. The fraction of sp³-hybridized carbons (Fsp3) is 0.318. The molecule has 3 rings (SSSR count). The van der Waals surface area contributed by atoms with E-state index in [9.17, 15) is 41.0 Å². The predicted octanol–water partition coefficient (Wildman–Crippen LogP) is 2.80. The zero-order valence-electron chi connectivity index (χ0n) is 18.6. The highest BCUT2D eigenvalue weighted by molar-refractivity contribution is 5.98. The second kappa shape index (κ2) is 10.0. The van der Waals surface area contributed by atoms with Gasteiger partial charge in [-0.3, -0.25) is 9.59 Å². The standard InChI is InChI=1S/C22H21F6N5O3/c1-11-7-12(23)5-6-16(11)33-18(29)13(8-32-33)19(34)30-9-21(36,22(26,27)28)10-31-20(35)17-14(24)3-2-4-15(17)25/h2-8,11,16,36H,9-10,29H2,1H3,(H,30,34)(H,31,35). The number of aromatic nitrogens is 2. The quantitative estimate of drug-likeness (QED) is 0.421. The van der Waals surface area contributed by atoms with Gasteiger partial charge in [0.1, 0.15) is 34.4 Å². The van der Waals surface area contributed by atoms with E-state index in [1.165, 1.54) is 22.9 Å². The van der Waals surface area contributed by atoms with Crippen molar-refractivity contribution in [3.63, 3.8) is 0 Å². The molecule has 3 atom stereocenters. The van der Waals surface area contributed by atoms with Crippen LogP contribution in [0.25, 0.3) is 0 Å². The molecule has 0 bridgehead atoms. The van der Waals surface area contributed by atoms with Crippen LogP contribution in [-0.4, -0.2) is 51.6 Å². The SMILES string of the molecule is CC1C=C(F)C=CC1n1ncc(C(=O)NCC(O)(CNC(=O)c2c(F)cccc2F)C(F)(F)F)c1N. The number of anilines is 1. The van der Waals surface area contributed by atoms with Gasteiger partial charge in [0.05, 0.1) is 25.3 Å². The van der Waals surface area contributed by atoms with Crippen LogP contribution in [0.3, 0.4) is 0 Å². The number of carbonyl (C=O) groups excluding carboxylic acids is 2. The van der Waals surface area contributed by atoms with E-state index in [1.807, 2.05) is 5.32 Å². The molecule has 0 fully saturated rings.